The number of ether oxygens (including phenoxy) is 2. The first-order valence-electron chi connectivity index (χ1n) is 6.27. The van der Waals surface area contributed by atoms with Crippen LogP contribution in [0.25, 0.3) is 0 Å². The fraction of sp³-hybridized carbons (Fsp3) is 0.357. The number of amides is 1. The molecule has 1 fully saturated rings. The largest absolute Gasteiger partial charge is 0.495 e. The molecule has 1 aliphatic rings. The van der Waals surface area contributed by atoms with E-state index in [0.717, 1.165) is 0 Å². The summed E-state index contributed by atoms with van der Waals surface area (Å²) in [6.45, 7) is 0.0854. The third-order valence-corrected chi connectivity index (χ3v) is 3.37. The summed E-state index contributed by atoms with van der Waals surface area (Å²) in [5.41, 5.74) is 0.735. The number of anilines is 1. The van der Waals surface area contributed by atoms with Crippen molar-refractivity contribution in [3.8, 4) is 5.75 Å². The molecule has 1 aromatic carbocycles. The van der Waals surface area contributed by atoms with E-state index in [9.17, 15) is 14.4 Å². The molecule has 0 saturated carbocycles. The lowest BCUT2D eigenvalue weighted by atomic mass is 10.1. The third-order valence-electron chi connectivity index (χ3n) is 3.37. The van der Waals surface area contributed by atoms with Crippen LogP contribution in [-0.4, -0.2) is 43.7 Å². The Labute approximate surface area is 121 Å². The summed E-state index contributed by atoms with van der Waals surface area (Å²) < 4.78 is 9.81. The predicted molar refractivity (Wildman–Crippen MR) is 72.4 cm³/mol. The Balaban J connectivity index is 2.34. The average molecular weight is 293 g/mol. The van der Waals surface area contributed by atoms with E-state index in [1.165, 1.54) is 31.3 Å². The van der Waals surface area contributed by atoms with Crippen LogP contribution >= 0.6 is 0 Å². The molecule has 1 aliphatic heterocycles. The van der Waals surface area contributed by atoms with Gasteiger partial charge in [-0.15, -0.1) is 0 Å². The molecule has 7 heteroatoms. The van der Waals surface area contributed by atoms with Gasteiger partial charge in [0.1, 0.15) is 5.75 Å². The zero-order valence-electron chi connectivity index (χ0n) is 11.7. The van der Waals surface area contributed by atoms with E-state index >= 15 is 0 Å². The maximum Gasteiger partial charge on any atom is 0.337 e. The van der Waals surface area contributed by atoms with Crippen molar-refractivity contribution in [3.63, 3.8) is 0 Å². The second-order valence-electron chi connectivity index (χ2n) is 4.62. The molecule has 0 aliphatic carbocycles. The molecule has 1 unspecified atom stereocenters. The highest BCUT2D eigenvalue weighted by Crippen LogP contribution is 2.34. The van der Waals surface area contributed by atoms with Gasteiger partial charge in [0.2, 0.25) is 5.91 Å². The van der Waals surface area contributed by atoms with Crippen molar-refractivity contribution in [2.24, 2.45) is 5.92 Å². The van der Waals surface area contributed by atoms with Crippen LogP contribution in [0.4, 0.5) is 5.69 Å². The van der Waals surface area contributed by atoms with E-state index in [2.05, 4.69) is 4.74 Å². The van der Waals surface area contributed by atoms with Gasteiger partial charge < -0.3 is 19.5 Å². The predicted octanol–water partition coefficient (Wildman–Crippen LogP) is 0.919. The number of carboxylic acid groups (broad SMARTS) is 1. The van der Waals surface area contributed by atoms with Crippen molar-refractivity contribution >= 4 is 23.5 Å². The second-order valence-corrected chi connectivity index (χ2v) is 4.62. The normalized spacial score (nSPS) is 17.7. The van der Waals surface area contributed by atoms with Crippen LogP contribution in [0.5, 0.6) is 5.75 Å². The molecule has 1 amide bonds. The molecule has 2 rings (SSSR count). The first-order chi connectivity index (χ1) is 9.97. The molecule has 0 radical (unpaired) electrons. The summed E-state index contributed by atoms with van der Waals surface area (Å²) in [5, 5.41) is 9.00. The van der Waals surface area contributed by atoms with Crippen LogP contribution in [0.1, 0.15) is 16.8 Å². The SMILES string of the molecule is COC(=O)c1ccc(N2CC(C(=O)O)CC2=O)c(OC)c1. The van der Waals surface area contributed by atoms with Crippen LogP contribution < -0.4 is 9.64 Å². The highest BCUT2D eigenvalue weighted by Gasteiger charge is 2.36. The number of hydrogen-bond acceptors (Lipinski definition) is 5. The van der Waals surface area contributed by atoms with Gasteiger partial charge in [-0.2, -0.15) is 0 Å². The standard InChI is InChI=1S/C14H15NO6/c1-20-11-5-8(14(19)21-2)3-4-10(11)15-7-9(13(17)18)6-12(15)16/h3-5,9H,6-7H2,1-2H3,(H,17,18). The van der Waals surface area contributed by atoms with Crippen LogP contribution in [0.3, 0.4) is 0 Å². The minimum absolute atomic E-state index is 0.0444. The molecule has 0 bridgehead atoms. The fourth-order valence-corrected chi connectivity index (χ4v) is 2.25. The minimum atomic E-state index is -1.00. The van der Waals surface area contributed by atoms with Gasteiger partial charge in [0.25, 0.3) is 0 Å². The zero-order chi connectivity index (χ0) is 15.6. The third kappa shape index (κ3) is 2.81. The van der Waals surface area contributed by atoms with E-state index < -0.39 is 17.9 Å². The van der Waals surface area contributed by atoms with Gasteiger partial charge in [-0.25, -0.2) is 4.79 Å². The molecule has 21 heavy (non-hydrogen) atoms. The smallest absolute Gasteiger partial charge is 0.337 e. The summed E-state index contributed by atoms with van der Waals surface area (Å²) in [5.74, 6) is -2.22. The molecule has 1 saturated heterocycles. The van der Waals surface area contributed by atoms with Crippen molar-refractivity contribution in [1.29, 1.82) is 0 Å². The average Bonchev–Trinajstić information content (AvgIpc) is 2.87. The monoisotopic (exact) mass is 293 g/mol. The Hall–Kier alpha value is -2.57. The molecule has 1 N–H and O–H groups in total. The van der Waals surface area contributed by atoms with Crippen molar-refractivity contribution in [3.05, 3.63) is 23.8 Å². The maximum absolute atomic E-state index is 11.9. The van der Waals surface area contributed by atoms with Crippen molar-refractivity contribution in [2.75, 3.05) is 25.7 Å². The molecule has 1 atom stereocenters. The number of methoxy groups -OCH3 is 2. The number of benzene rings is 1. The van der Waals surface area contributed by atoms with Gasteiger partial charge in [-0.05, 0) is 18.2 Å². The van der Waals surface area contributed by atoms with Crippen LogP contribution in [0, 0.1) is 5.92 Å². The molecule has 0 aromatic heterocycles. The van der Waals surface area contributed by atoms with E-state index in [1.54, 1.807) is 6.07 Å². The van der Waals surface area contributed by atoms with E-state index in [-0.39, 0.29) is 18.9 Å². The fourth-order valence-electron chi connectivity index (χ4n) is 2.25. The quantitative estimate of drug-likeness (QED) is 0.830. The van der Waals surface area contributed by atoms with Crippen LogP contribution in [0.2, 0.25) is 0 Å². The molecular weight excluding hydrogens is 278 g/mol. The number of aliphatic carboxylic acids is 1. The maximum atomic E-state index is 11.9. The number of carboxylic acids is 1. The lowest BCUT2D eigenvalue weighted by Crippen LogP contribution is -2.26. The number of hydrogen-bond donors (Lipinski definition) is 1. The Kier molecular flexibility index (Phi) is 4.11. The Morgan fingerprint density at radius 2 is 2.05 bits per heavy atom. The number of carbonyl (C=O) groups is 3. The van der Waals surface area contributed by atoms with E-state index in [4.69, 9.17) is 9.84 Å². The van der Waals surface area contributed by atoms with E-state index in [1.807, 2.05) is 0 Å². The van der Waals surface area contributed by atoms with Crippen molar-refractivity contribution < 1.29 is 29.0 Å². The van der Waals surface area contributed by atoms with Crippen molar-refractivity contribution in [1.82, 2.24) is 0 Å². The van der Waals surface area contributed by atoms with Gasteiger partial charge in [-0.1, -0.05) is 0 Å². The number of esters is 1. The molecule has 1 heterocycles. The first kappa shape index (κ1) is 14.8. The van der Waals surface area contributed by atoms with Crippen LogP contribution in [-0.2, 0) is 14.3 Å². The molecule has 112 valence electrons. The molecular formula is C14H15NO6. The Morgan fingerprint density at radius 1 is 1.33 bits per heavy atom. The Bertz CT molecular complexity index is 597. The van der Waals surface area contributed by atoms with Gasteiger partial charge in [-0.3, -0.25) is 9.59 Å². The van der Waals surface area contributed by atoms with Gasteiger partial charge >= 0.3 is 11.9 Å². The summed E-state index contributed by atoms with van der Waals surface area (Å²) >= 11 is 0. The highest BCUT2D eigenvalue weighted by atomic mass is 16.5. The van der Waals surface area contributed by atoms with Gasteiger partial charge in [0, 0.05) is 13.0 Å². The number of rotatable bonds is 4. The summed E-state index contributed by atoms with van der Waals surface area (Å²) in [4.78, 5) is 35.8. The Morgan fingerprint density at radius 3 is 2.57 bits per heavy atom. The molecule has 1 aromatic rings. The lowest BCUT2D eigenvalue weighted by Gasteiger charge is -2.19. The lowest BCUT2D eigenvalue weighted by molar-refractivity contribution is -0.141. The van der Waals surface area contributed by atoms with E-state index in [0.29, 0.717) is 17.0 Å². The summed E-state index contributed by atoms with van der Waals surface area (Å²) in [7, 11) is 2.68. The van der Waals surface area contributed by atoms with Crippen molar-refractivity contribution in [2.45, 2.75) is 6.42 Å². The number of carbonyl (C=O) groups excluding carboxylic acids is 2. The summed E-state index contributed by atoms with van der Waals surface area (Å²) in [6.07, 6.45) is -0.0444. The number of nitrogens with zero attached hydrogens (tertiary/aromatic N) is 1. The zero-order valence-corrected chi connectivity index (χ0v) is 11.7. The molecule has 7 nitrogen and oxygen atoms in total. The highest BCUT2D eigenvalue weighted by molar-refractivity contribution is 6.01. The molecule has 0 spiro atoms. The second kappa shape index (κ2) is 5.82. The van der Waals surface area contributed by atoms with Crippen LogP contribution in [0.15, 0.2) is 18.2 Å². The topological polar surface area (TPSA) is 93.1 Å². The minimum Gasteiger partial charge on any atom is -0.495 e. The summed E-state index contributed by atoms with van der Waals surface area (Å²) in [6, 6.07) is 4.51. The first-order valence-corrected chi connectivity index (χ1v) is 6.27. The van der Waals surface area contributed by atoms with Gasteiger partial charge in [0.15, 0.2) is 0 Å². The van der Waals surface area contributed by atoms with Gasteiger partial charge in [0.05, 0.1) is 31.4 Å².